The van der Waals surface area contributed by atoms with Crippen LogP contribution in [0.25, 0.3) is 0 Å². The highest BCUT2D eigenvalue weighted by Crippen LogP contribution is 2.39. The summed E-state index contributed by atoms with van der Waals surface area (Å²) in [6.07, 6.45) is 6.67. The first-order chi connectivity index (χ1) is 12.3. The van der Waals surface area contributed by atoms with Gasteiger partial charge in [0.25, 0.3) is 0 Å². The predicted molar refractivity (Wildman–Crippen MR) is 99.2 cm³/mol. The second-order valence-corrected chi connectivity index (χ2v) is 7.27. The summed E-state index contributed by atoms with van der Waals surface area (Å²) in [5.74, 6) is 0.825. The van der Waals surface area contributed by atoms with Crippen LogP contribution in [0.4, 0.5) is 5.82 Å². The highest BCUT2D eigenvalue weighted by Gasteiger charge is 2.42. The van der Waals surface area contributed by atoms with Crippen LogP contribution in [-0.2, 0) is 6.54 Å². The first kappa shape index (κ1) is 16.1. The van der Waals surface area contributed by atoms with Crippen LogP contribution in [0.5, 0.6) is 0 Å². The summed E-state index contributed by atoms with van der Waals surface area (Å²) in [4.78, 5) is 9.41. The van der Waals surface area contributed by atoms with E-state index in [0.29, 0.717) is 23.7 Å². The minimum absolute atomic E-state index is 0.464. The minimum atomic E-state index is 0.464. The van der Waals surface area contributed by atoms with E-state index in [-0.39, 0.29) is 0 Å². The van der Waals surface area contributed by atoms with Crippen molar-refractivity contribution in [3.8, 4) is 6.07 Å². The third kappa shape index (κ3) is 3.12. The van der Waals surface area contributed by atoms with Crippen LogP contribution in [0.1, 0.15) is 36.8 Å². The molecule has 3 heterocycles. The normalized spacial score (nSPS) is 25.5. The summed E-state index contributed by atoms with van der Waals surface area (Å²) in [6, 6.07) is 18.5. The largest absolute Gasteiger partial charge is 0.355 e. The maximum atomic E-state index is 9.36. The topological polar surface area (TPSA) is 43.2 Å². The Kier molecular flexibility index (Phi) is 4.42. The number of aromatic nitrogens is 1. The molecule has 4 heteroatoms. The second kappa shape index (κ2) is 6.85. The van der Waals surface area contributed by atoms with Gasteiger partial charge in [0.1, 0.15) is 11.9 Å². The van der Waals surface area contributed by atoms with Crippen molar-refractivity contribution in [2.45, 2.75) is 50.4 Å². The Bertz CT molecular complexity index is 753. The molecule has 2 aromatic rings. The molecule has 0 amide bonds. The number of nitriles is 1. The highest BCUT2D eigenvalue weighted by molar-refractivity contribution is 5.53. The van der Waals surface area contributed by atoms with Gasteiger partial charge in [0.15, 0.2) is 0 Å². The van der Waals surface area contributed by atoms with Crippen LogP contribution in [0.15, 0.2) is 48.7 Å². The SMILES string of the molecule is CN(c1ncccc1C#N)C1CC2CCC(C1)N2Cc1ccccc1. The van der Waals surface area contributed by atoms with E-state index < -0.39 is 0 Å². The van der Waals surface area contributed by atoms with Gasteiger partial charge in [-0.1, -0.05) is 30.3 Å². The number of fused-ring (bicyclic) bond motifs is 2. The Morgan fingerprint density at radius 3 is 2.52 bits per heavy atom. The number of hydrogen-bond acceptors (Lipinski definition) is 4. The smallest absolute Gasteiger partial charge is 0.146 e. The second-order valence-electron chi connectivity index (χ2n) is 7.27. The zero-order valence-electron chi connectivity index (χ0n) is 14.7. The Morgan fingerprint density at radius 2 is 1.84 bits per heavy atom. The van der Waals surface area contributed by atoms with E-state index in [1.807, 2.05) is 12.1 Å². The van der Waals surface area contributed by atoms with Crippen molar-refractivity contribution in [1.29, 1.82) is 5.26 Å². The van der Waals surface area contributed by atoms with Crippen LogP contribution >= 0.6 is 0 Å². The summed E-state index contributed by atoms with van der Waals surface area (Å²) in [5, 5.41) is 9.36. The average Bonchev–Trinajstić information content (AvgIpc) is 2.89. The standard InChI is InChI=1S/C21H24N4/c1-24(21-17(14-22)8-5-11-23-21)20-12-18-9-10-19(13-20)25(18)15-16-6-3-2-4-7-16/h2-8,11,18-20H,9-10,12-13,15H2,1H3. The molecule has 4 nitrogen and oxygen atoms in total. The summed E-state index contributed by atoms with van der Waals surface area (Å²) in [6.45, 7) is 1.06. The first-order valence-electron chi connectivity index (χ1n) is 9.14. The lowest BCUT2D eigenvalue weighted by Crippen LogP contribution is -2.49. The van der Waals surface area contributed by atoms with Crippen molar-refractivity contribution in [1.82, 2.24) is 9.88 Å². The third-order valence-electron chi connectivity index (χ3n) is 5.86. The summed E-state index contributed by atoms with van der Waals surface area (Å²) in [5.41, 5.74) is 2.08. The first-order valence-corrected chi connectivity index (χ1v) is 9.14. The number of pyridine rings is 1. The number of nitrogens with zero attached hydrogens (tertiary/aromatic N) is 4. The van der Waals surface area contributed by atoms with Crippen molar-refractivity contribution in [3.05, 3.63) is 59.8 Å². The van der Waals surface area contributed by atoms with E-state index >= 15 is 0 Å². The van der Waals surface area contributed by atoms with Crippen molar-refractivity contribution in [2.75, 3.05) is 11.9 Å². The molecule has 0 spiro atoms. The molecular formula is C21H24N4. The van der Waals surface area contributed by atoms with Gasteiger partial charge in [-0.05, 0) is 43.4 Å². The molecule has 2 saturated heterocycles. The molecule has 0 radical (unpaired) electrons. The van der Waals surface area contributed by atoms with Crippen LogP contribution in [0.2, 0.25) is 0 Å². The molecule has 1 aromatic carbocycles. The fourth-order valence-corrected chi connectivity index (χ4v) is 4.55. The summed E-state index contributed by atoms with van der Waals surface area (Å²) in [7, 11) is 2.10. The average molecular weight is 332 g/mol. The fraction of sp³-hybridized carbons (Fsp3) is 0.429. The van der Waals surface area contributed by atoms with E-state index in [2.05, 4.69) is 58.2 Å². The van der Waals surface area contributed by atoms with Gasteiger partial charge in [0, 0.05) is 37.9 Å². The lowest BCUT2D eigenvalue weighted by Gasteiger charge is -2.42. The molecule has 2 aliphatic rings. The molecule has 4 rings (SSSR count). The molecule has 25 heavy (non-hydrogen) atoms. The van der Waals surface area contributed by atoms with Gasteiger partial charge in [-0.2, -0.15) is 5.26 Å². The third-order valence-corrected chi connectivity index (χ3v) is 5.86. The Morgan fingerprint density at radius 1 is 1.12 bits per heavy atom. The monoisotopic (exact) mass is 332 g/mol. The minimum Gasteiger partial charge on any atom is -0.355 e. The van der Waals surface area contributed by atoms with E-state index in [1.54, 1.807) is 6.20 Å². The van der Waals surface area contributed by atoms with Crippen molar-refractivity contribution in [3.63, 3.8) is 0 Å². The van der Waals surface area contributed by atoms with Gasteiger partial charge in [-0.15, -0.1) is 0 Å². The van der Waals surface area contributed by atoms with Crippen molar-refractivity contribution in [2.24, 2.45) is 0 Å². The van der Waals surface area contributed by atoms with Crippen LogP contribution in [-0.4, -0.2) is 35.1 Å². The lowest BCUT2D eigenvalue weighted by atomic mass is 9.95. The number of benzene rings is 1. The molecule has 0 aliphatic carbocycles. The van der Waals surface area contributed by atoms with Crippen LogP contribution in [0.3, 0.4) is 0 Å². The van der Waals surface area contributed by atoms with Gasteiger partial charge in [0.05, 0.1) is 5.56 Å². The Hall–Kier alpha value is -2.38. The molecule has 2 bridgehead atoms. The fourth-order valence-electron chi connectivity index (χ4n) is 4.55. The molecule has 2 atom stereocenters. The van der Waals surface area contributed by atoms with E-state index in [0.717, 1.165) is 25.2 Å². The number of rotatable bonds is 4. The Balaban J connectivity index is 1.49. The van der Waals surface area contributed by atoms with Gasteiger partial charge >= 0.3 is 0 Å². The zero-order chi connectivity index (χ0) is 17.2. The highest BCUT2D eigenvalue weighted by atomic mass is 15.3. The maximum absolute atomic E-state index is 9.36. The van der Waals surface area contributed by atoms with Gasteiger partial charge in [0.2, 0.25) is 0 Å². The maximum Gasteiger partial charge on any atom is 0.146 e. The molecular weight excluding hydrogens is 308 g/mol. The molecule has 0 saturated carbocycles. The number of anilines is 1. The summed E-state index contributed by atoms with van der Waals surface area (Å²) < 4.78 is 0. The molecule has 2 fully saturated rings. The van der Waals surface area contributed by atoms with Gasteiger partial charge in [-0.3, -0.25) is 4.90 Å². The quantitative estimate of drug-likeness (QED) is 0.858. The molecule has 0 N–H and O–H groups in total. The van der Waals surface area contributed by atoms with Crippen molar-refractivity contribution < 1.29 is 0 Å². The van der Waals surface area contributed by atoms with E-state index in [1.165, 1.54) is 18.4 Å². The van der Waals surface area contributed by atoms with Gasteiger partial charge < -0.3 is 4.90 Å². The molecule has 128 valence electrons. The number of hydrogen-bond donors (Lipinski definition) is 0. The zero-order valence-corrected chi connectivity index (χ0v) is 14.7. The lowest BCUT2D eigenvalue weighted by molar-refractivity contribution is 0.118. The molecule has 2 aliphatic heterocycles. The summed E-state index contributed by atoms with van der Waals surface area (Å²) >= 11 is 0. The molecule has 1 aromatic heterocycles. The Labute approximate surface area is 149 Å². The predicted octanol–water partition coefficient (Wildman–Crippen LogP) is 3.59. The number of piperidine rings is 1. The van der Waals surface area contributed by atoms with Crippen LogP contribution in [0, 0.1) is 11.3 Å². The van der Waals surface area contributed by atoms with Crippen LogP contribution < -0.4 is 4.90 Å². The van der Waals surface area contributed by atoms with E-state index in [9.17, 15) is 5.26 Å². The van der Waals surface area contributed by atoms with Crippen molar-refractivity contribution >= 4 is 5.82 Å². The van der Waals surface area contributed by atoms with E-state index in [4.69, 9.17) is 0 Å². The molecule has 2 unspecified atom stereocenters. The van der Waals surface area contributed by atoms with Gasteiger partial charge in [-0.25, -0.2) is 4.98 Å².